The molecule has 0 aromatic heterocycles. The molecule has 2 unspecified atom stereocenters. The smallest absolute Gasteiger partial charge is 0.303 e. The molecule has 2 atom stereocenters. The topological polar surface area (TPSA) is 65.1 Å². The maximum absolute atomic E-state index is 12.2. The van der Waals surface area contributed by atoms with E-state index in [0.717, 1.165) is 0 Å². The molecule has 0 bridgehead atoms. The van der Waals surface area contributed by atoms with Crippen molar-refractivity contribution in [3.8, 4) is 0 Å². The van der Waals surface area contributed by atoms with Crippen LogP contribution >= 0.6 is 0 Å². The Hall–Kier alpha value is -1.14. The predicted molar refractivity (Wildman–Crippen MR) is 93.9 cm³/mol. The Balaban J connectivity index is 2.30. The third kappa shape index (κ3) is 3.56. The lowest BCUT2D eigenvalue weighted by Crippen LogP contribution is -2.71. The standard InChI is InChI=1S/C19H33NO5/c1-9-18(25-15(4)22)12-23-19(24-13(18)2)10-16(5,6)20(14(3)21)17(7,8)11-19/h13H,9-12H2,1-8H3. The van der Waals surface area contributed by atoms with Gasteiger partial charge in [0.2, 0.25) is 5.91 Å². The molecule has 2 rings (SSSR count). The van der Waals surface area contributed by atoms with Gasteiger partial charge in [0.05, 0.1) is 6.61 Å². The maximum atomic E-state index is 12.2. The number of ether oxygens (including phenoxy) is 3. The summed E-state index contributed by atoms with van der Waals surface area (Å²) in [5, 5.41) is 0. The molecule has 0 aromatic rings. The van der Waals surface area contributed by atoms with Gasteiger partial charge in [-0.2, -0.15) is 0 Å². The molecule has 0 radical (unpaired) electrons. The number of carbonyl (C=O) groups excluding carboxylic acids is 2. The second-order valence-electron chi connectivity index (χ2n) is 8.80. The van der Waals surface area contributed by atoms with Gasteiger partial charge in [0.25, 0.3) is 0 Å². The average molecular weight is 355 g/mol. The molecule has 2 saturated heterocycles. The molecular formula is C19H33NO5. The normalized spacial score (nSPS) is 33.1. The monoisotopic (exact) mass is 355 g/mol. The second-order valence-corrected chi connectivity index (χ2v) is 8.80. The van der Waals surface area contributed by atoms with Gasteiger partial charge in [0.15, 0.2) is 11.4 Å². The lowest BCUT2D eigenvalue weighted by atomic mass is 9.75. The van der Waals surface area contributed by atoms with Gasteiger partial charge < -0.3 is 19.1 Å². The van der Waals surface area contributed by atoms with Crippen molar-refractivity contribution in [2.45, 2.75) is 103 Å². The Morgan fingerprint density at radius 3 is 2.00 bits per heavy atom. The van der Waals surface area contributed by atoms with Gasteiger partial charge in [0.1, 0.15) is 6.10 Å². The fraction of sp³-hybridized carbons (Fsp3) is 0.895. The fourth-order valence-electron chi connectivity index (χ4n) is 5.09. The molecular weight excluding hydrogens is 322 g/mol. The third-order valence-corrected chi connectivity index (χ3v) is 5.59. The van der Waals surface area contributed by atoms with Crippen LogP contribution in [-0.4, -0.2) is 52.0 Å². The van der Waals surface area contributed by atoms with Gasteiger partial charge >= 0.3 is 5.97 Å². The van der Waals surface area contributed by atoms with E-state index in [9.17, 15) is 9.59 Å². The van der Waals surface area contributed by atoms with E-state index < -0.39 is 22.5 Å². The molecule has 0 saturated carbocycles. The number of hydrogen-bond acceptors (Lipinski definition) is 5. The van der Waals surface area contributed by atoms with Crippen molar-refractivity contribution in [1.29, 1.82) is 0 Å². The van der Waals surface area contributed by atoms with Gasteiger partial charge in [-0.25, -0.2) is 0 Å². The van der Waals surface area contributed by atoms with Crippen molar-refractivity contribution in [3.63, 3.8) is 0 Å². The first kappa shape index (κ1) is 20.2. The summed E-state index contributed by atoms with van der Waals surface area (Å²) in [7, 11) is 0. The molecule has 1 amide bonds. The highest BCUT2D eigenvalue weighted by Crippen LogP contribution is 2.49. The number of hydrogen-bond donors (Lipinski definition) is 0. The van der Waals surface area contributed by atoms with E-state index in [2.05, 4.69) is 0 Å². The van der Waals surface area contributed by atoms with E-state index in [1.165, 1.54) is 6.92 Å². The highest BCUT2D eigenvalue weighted by Gasteiger charge is 2.59. The highest BCUT2D eigenvalue weighted by atomic mass is 16.7. The Kier molecular flexibility index (Phi) is 5.03. The zero-order chi connectivity index (χ0) is 19.3. The summed E-state index contributed by atoms with van der Waals surface area (Å²) < 4.78 is 18.2. The van der Waals surface area contributed by atoms with Crippen LogP contribution in [0.15, 0.2) is 0 Å². The fourth-order valence-corrected chi connectivity index (χ4v) is 5.09. The van der Waals surface area contributed by atoms with Crippen LogP contribution in [0.25, 0.3) is 0 Å². The van der Waals surface area contributed by atoms with Crippen LogP contribution in [-0.2, 0) is 23.8 Å². The molecule has 0 aromatic carbocycles. The second kappa shape index (κ2) is 6.23. The van der Waals surface area contributed by atoms with Crippen molar-refractivity contribution in [1.82, 2.24) is 4.90 Å². The molecule has 144 valence electrons. The number of amides is 1. The van der Waals surface area contributed by atoms with E-state index in [4.69, 9.17) is 14.2 Å². The zero-order valence-corrected chi connectivity index (χ0v) is 16.9. The van der Waals surface area contributed by atoms with Crippen molar-refractivity contribution in [2.24, 2.45) is 0 Å². The predicted octanol–water partition coefficient (Wildman–Crippen LogP) is 3.03. The van der Waals surface area contributed by atoms with Gasteiger partial charge in [-0.15, -0.1) is 0 Å². The number of piperidine rings is 1. The Labute approximate surface area is 151 Å². The first-order valence-electron chi connectivity index (χ1n) is 9.11. The summed E-state index contributed by atoms with van der Waals surface area (Å²) in [4.78, 5) is 25.7. The first-order valence-corrected chi connectivity index (χ1v) is 9.11. The van der Waals surface area contributed by atoms with Crippen LogP contribution in [0.3, 0.4) is 0 Å². The van der Waals surface area contributed by atoms with E-state index in [0.29, 0.717) is 25.9 Å². The maximum Gasteiger partial charge on any atom is 0.303 e. The van der Waals surface area contributed by atoms with Crippen LogP contribution in [0.2, 0.25) is 0 Å². The third-order valence-electron chi connectivity index (χ3n) is 5.59. The minimum Gasteiger partial charge on any atom is -0.454 e. The Bertz CT molecular complexity index is 538. The molecule has 25 heavy (non-hydrogen) atoms. The summed E-state index contributed by atoms with van der Waals surface area (Å²) in [6.07, 6.45) is 1.49. The Morgan fingerprint density at radius 2 is 1.64 bits per heavy atom. The average Bonchev–Trinajstić information content (AvgIpc) is 2.38. The van der Waals surface area contributed by atoms with Gasteiger partial charge in [-0.3, -0.25) is 9.59 Å². The summed E-state index contributed by atoms with van der Waals surface area (Å²) in [6.45, 7) is 15.4. The lowest BCUT2D eigenvalue weighted by Gasteiger charge is -2.61. The summed E-state index contributed by atoms with van der Waals surface area (Å²) >= 11 is 0. The Morgan fingerprint density at radius 1 is 1.12 bits per heavy atom. The molecule has 2 aliphatic rings. The number of carbonyl (C=O) groups is 2. The van der Waals surface area contributed by atoms with Crippen LogP contribution in [0, 0.1) is 0 Å². The quantitative estimate of drug-likeness (QED) is 0.713. The molecule has 0 aliphatic carbocycles. The van der Waals surface area contributed by atoms with Crippen molar-refractivity contribution >= 4 is 11.9 Å². The molecule has 2 heterocycles. The number of nitrogens with zero attached hydrogens (tertiary/aromatic N) is 1. The van der Waals surface area contributed by atoms with Gasteiger partial charge in [-0.05, 0) is 41.0 Å². The molecule has 6 nitrogen and oxygen atoms in total. The van der Waals surface area contributed by atoms with Crippen molar-refractivity contribution in [2.75, 3.05) is 6.61 Å². The molecule has 0 N–H and O–H groups in total. The largest absolute Gasteiger partial charge is 0.454 e. The summed E-state index contributed by atoms with van der Waals surface area (Å²) in [6, 6.07) is 0. The molecule has 6 heteroatoms. The van der Waals surface area contributed by atoms with Crippen LogP contribution in [0.5, 0.6) is 0 Å². The first-order chi connectivity index (χ1) is 11.3. The summed E-state index contributed by atoms with van der Waals surface area (Å²) in [5.41, 5.74) is -1.56. The van der Waals surface area contributed by atoms with E-state index in [1.54, 1.807) is 6.92 Å². The molecule has 1 spiro atoms. The number of likely N-dealkylation sites (tertiary alicyclic amines) is 1. The summed E-state index contributed by atoms with van der Waals surface area (Å²) in [5.74, 6) is -1.06. The van der Waals surface area contributed by atoms with Gasteiger partial charge in [0, 0.05) is 37.8 Å². The number of esters is 1. The van der Waals surface area contributed by atoms with Gasteiger partial charge in [-0.1, -0.05) is 6.92 Å². The van der Waals surface area contributed by atoms with E-state index in [1.807, 2.05) is 46.4 Å². The SMILES string of the molecule is CCC1(OC(C)=O)COC2(CC(C)(C)N(C(C)=O)C(C)(C)C2)OC1C. The molecule has 2 aliphatic heterocycles. The number of rotatable bonds is 2. The van der Waals surface area contributed by atoms with E-state index in [-0.39, 0.29) is 18.0 Å². The lowest BCUT2D eigenvalue weighted by molar-refractivity contribution is -0.372. The zero-order valence-electron chi connectivity index (χ0n) is 16.9. The molecule has 2 fully saturated rings. The van der Waals surface area contributed by atoms with Crippen molar-refractivity contribution in [3.05, 3.63) is 0 Å². The minimum atomic E-state index is -0.781. The van der Waals surface area contributed by atoms with Crippen LogP contribution in [0.1, 0.15) is 74.7 Å². The highest BCUT2D eigenvalue weighted by molar-refractivity contribution is 5.75. The minimum absolute atomic E-state index is 0.0523. The van der Waals surface area contributed by atoms with Crippen molar-refractivity contribution < 1.29 is 23.8 Å². The van der Waals surface area contributed by atoms with E-state index >= 15 is 0 Å². The van der Waals surface area contributed by atoms with Crippen LogP contribution in [0.4, 0.5) is 0 Å². The van der Waals surface area contributed by atoms with Crippen LogP contribution < -0.4 is 0 Å².